The molecule has 78 valence electrons. The zero-order valence-electron chi connectivity index (χ0n) is 8.73. The van der Waals surface area contributed by atoms with Crippen LogP contribution < -0.4 is 5.56 Å². The third kappa shape index (κ3) is 1.10. The van der Waals surface area contributed by atoms with E-state index in [4.69, 9.17) is 5.26 Å². The average Bonchev–Trinajstić information content (AvgIpc) is 2.71. The second-order valence-electron chi connectivity index (χ2n) is 4.07. The number of aromatic nitrogens is 1. The Morgan fingerprint density at radius 3 is 3.12 bits per heavy atom. The first-order valence-corrected chi connectivity index (χ1v) is 5.32. The largest absolute Gasteiger partial charge is 0.307 e. The van der Waals surface area contributed by atoms with Gasteiger partial charge < -0.3 is 4.57 Å². The van der Waals surface area contributed by atoms with Crippen LogP contribution in [0.5, 0.6) is 0 Å². The second kappa shape index (κ2) is 3.21. The third-order valence-electron chi connectivity index (χ3n) is 3.14. The molecule has 0 amide bonds. The van der Waals surface area contributed by atoms with Crippen LogP contribution >= 0.6 is 0 Å². The number of rotatable bonds is 1. The third-order valence-corrected chi connectivity index (χ3v) is 3.14. The number of benzene rings is 1. The molecule has 0 spiro atoms. The van der Waals surface area contributed by atoms with Crippen LogP contribution in [0.1, 0.15) is 11.1 Å². The maximum atomic E-state index is 12.0. The minimum Gasteiger partial charge on any atom is -0.307 e. The zero-order valence-corrected chi connectivity index (χ0v) is 8.73. The Morgan fingerprint density at radius 1 is 1.44 bits per heavy atom. The molecule has 3 nitrogen and oxygen atoms in total. The Labute approximate surface area is 92.6 Å². The molecule has 16 heavy (non-hydrogen) atoms. The monoisotopic (exact) mass is 210 g/mol. The van der Waals surface area contributed by atoms with Gasteiger partial charge in [-0.15, -0.1) is 0 Å². The summed E-state index contributed by atoms with van der Waals surface area (Å²) in [4.78, 5) is 12.0. The van der Waals surface area contributed by atoms with Crippen molar-refractivity contribution in [3.8, 4) is 6.07 Å². The summed E-state index contributed by atoms with van der Waals surface area (Å²) >= 11 is 0. The van der Waals surface area contributed by atoms with Gasteiger partial charge in [-0.05, 0) is 23.4 Å². The van der Waals surface area contributed by atoms with Gasteiger partial charge in [0, 0.05) is 12.1 Å². The molecule has 0 fully saturated rings. The Balaban J connectivity index is 2.44. The predicted molar refractivity (Wildman–Crippen MR) is 61.2 cm³/mol. The fourth-order valence-corrected chi connectivity index (χ4v) is 2.44. The molecule has 1 aliphatic heterocycles. The topological polar surface area (TPSA) is 45.8 Å². The van der Waals surface area contributed by atoms with E-state index < -0.39 is 0 Å². The normalized spacial score (nSPS) is 12.9. The highest BCUT2D eigenvalue weighted by Crippen LogP contribution is 2.24. The van der Waals surface area contributed by atoms with Crippen LogP contribution in [0.15, 0.2) is 29.1 Å². The smallest absolute Gasteiger partial charge is 0.255 e. The summed E-state index contributed by atoms with van der Waals surface area (Å²) in [6.07, 6.45) is 1.11. The summed E-state index contributed by atoms with van der Waals surface area (Å²) in [6, 6.07) is 9.97. The van der Waals surface area contributed by atoms with Crippen molar-refractivity contribution in [1.29, 1.82) is 5.26 Å². The van der Waals surface area contributed by atoms with E-state index in [1.807, 2.05) is 24.3 Å². The summed E-state index contributed by atoms with van der Waals surface area (Å²) in [7, 11) is 0. The lowest BCUT2D eigenvalue weighted by Crippen LogP contribution is -2.21. The molecule has 0 unspecified atom stereocenters. The van der Waals surface area contributed by atoms with E-state index in [1.54, 1.807) is 4.57 Å². The molecule has 1 aromatic carbocycles. The van der Waals surface area contributed by atoms with Crippen LogP contribution in [0, 0.1) is 11.3 Å². The van der Waals surface area contributed by atoms with Crippen molar-refractivity contribution >= 4 is 10.9 Å². The lowest BCUT2D eigenvalue weighted by atomic mass is 10.1. The van der Waals surface area contributed by atoms with Crippen LogP contribution in [0.3, 0.4) is 0 Å². The van der Waals surface area contributed by atoms with Crippen molar-refractivity contribution in [2.24, 2.45) is 0 Å². The summed E-state index contributed by atoms with van der Waals surface area (Å²) in [6.45, 7) is 0.744. The number of hydrogen-bond donors (Lipinski definition) is 0. The number of pyridine rings is 1. The standard InChI is InChI=1S/C13H10N2O/c14-6-4-11-8-10-3-1-2-9-5-7-15(12(9)10)13(11)16/h1-3,8H,4-5,7H2. The van der Waals surface area contributed by atoms with Crippen LogP contribution in [0.25, 0.3) is 10.9 Å². The first-order valence-electron chi connectivity index (χ1n) is 5.32. The van der Waals surface area contributed by atoms with Gasteiger partial charge in [-0.25, -0.2) is 0 Å². The zero-order chi connectivity index (χ0) is 11.1. The first kappa shape index (κ1) is 9.17. The van der Waals surface area contributed by atoms with Crippen LogP contribution in [-0.2, 0) is 19.4 Å². The molecule has 0 saturated heterocycles. The second-order valence-corrected chi connectivity index (χ2v) is 4.07. The van der Waals surface area contributed by atoms with E-state index in [1.165, 1.54) is 5.56 Å². The van der Waals surface area contributed by atoms with Crippen molar-refractivity contribution in [3.63, 3.8) is 0 Å². The number of nitriles is 1. The molecule has 2 heterocycles. The maximum Gasteiger partial charge on any atom is 0.255 e. The molecular weight excluding hydrogens is 200 g/mol. The molecule has 1 aliphatic rings. The number of nitrogens with zero attached hydrogens (tertiary/aromatic N) is 2. The van der Waals surface area contributed by atoms with Crippen LogP contribution in [-0.4, -0.2) is 4.57 Å². The van der Waals surface area contributed by atoms with E-state index in [0.29, 0.717) is 5.56 Å². The molecule has 0 radical (unpaired) electrons. The van der Waals surface area contributed by atoms with Gasteiger partial charge >= 0.3 is 0 Å². The molecule has 0 atom stereocenters. The van der Waals surface area contributed by atoms with Gasteiger partial charge in [0.25, 0.3) is 5.56 Å². The highest BCUT2D eigenvalue weighted by Gasteiger charge is 2.16. The molecule has 1 aromatic heterocycles. The highest BCUT2D eigenvalue weighted by molar-refractivity contribution is 5.84. The summed E-state index contributed by atoms with van der Waals surface area (Å²) in [5, 5.41) is 9.76. The van der Waals surface area contributed by atoms with E-state index >= 15 is 0 Å². The number of hydrogen-bond acceptors (Lipinski definition) is 2. The van der Waals surface area contributed by atoms with Gasteiger partial charge in [-0.3, -0.25) is 4.79 Å². The lowest BCUT2D eigenvalue weighted by Gasteiger charge is -2.05. The minimum atomic E-state index is -0.000926. The van der Waals surface area contributed by atoms with Crippen LogP contribution in [0.2, 0.25) is 0 Å². The van der Waals surface area contributed by atoms with E-state index in [0.717, 1.165) is 23.9 Å². The van der Waals surface area contributed by atoms with Gasteiger partial charge in [-0.1, -0.05) is 18.2 Å². The van der Waals surface area contributed by atoms with Crippen LogP contribution in [0.4, 0.5) is 0 Å². The summed E-state index contributed by atoms with van der Waals surface area (Å²) in [5.74, 6) is 0. The van der Waals surface area contributed by atoms with Gasteiger partial charge in [0.15, 0.2) is 0 Å². The van der Waals surface area contributed by atoms with E-state index in [9.17, 15) is 4.79 Å². The van der Waals surface area contributed by atoms with Gasteiger partial charge in [0.1, 0.15) is 0 Å². The van der Waals surface area contributed by atoms with Gasteiger partial charge in [0.05, 0.1) is 18.0 Å². The Kier molecular flexibility index (Phi) is 1.84. The number of para-hydroxylation sites is 1. The lowest BCUT2D eigenvalue weighted by molar-refractivity contribution is 0.735. The predicted octanol–water partition coefficient (Wildman–Crippen LogP) is 1.62. The van der Waals surface area contributed by atoms with Crippen molar-refractivity contribution in [3.05, 3.63) is 45.7 Å². The highest BCUT2D eigenvalue weighted by atomic mass is 16.1. The molecule has 3 rings (SSSR count). The maximum absolute atomic E-state index is 12.0. The van der Waals surface area contributed by atoms with Crippen molar-refractivity contribution in [1.82, 2.24) is 4.57 Å². The van der Waals surface area contributed by atoms with E-state index in [-0.39, 0.29) is 12.0 Å². The first-order chi connectivity index (χ1) is 7.81. The van der Waals surface area contributed by atoms with Crippen molar-refractivity contribution in [2.75, 3.05) is 0 Å². The summed E-state index contributed by atoms with van der Waals surface area (Å²) in [5.41, 5.74) is 2.89. The summed E-state index contributed by atoms with van der Waals surface area (Å²) < 4.78 is 1.80. The molecule has 0 aliphatic carbocycles. The SMILES string of the molecule is N#CCc1cc2cccc3c2n(c1=O)CC3. The molecule has 0 saturated carbocycles. The quantitative estimate of drug-likeness (QED) is 0.718. The number of aryl methyl sites for hydroxylation is 2. The molecule has 0 N–H and O–H groups in total. The van der Waals surface area contributed by atoms with E-state index in [2.05, 4.69) is 6.07 Å². The van der Waals surface area contributed by atoms with Gasteiger partial charge in [0.2, 0.25) is 0 Å². The molecular formula is C13H10N2O. The Morgan fingerprint density at radius 2 is 2.31 bits per heavy atom. The average molecular weight is 210 g/mol. The fourth-order valence-electron chi connectivity index (χ4n) is 2.44. The minimum absolute atomic E-state index is 0.000926. The molecule has 0 bridgehead atoms. The van der Waals surface area contributed by atoms with Crippen molar-refractivity contribution in [2.45, 2.75) is 19.4 Å². The Bertz CT molecular complexity index is 677. The fraction of sp³-hybridized carbons (Fsp3) is 0.231. The van der Waals surface area contributed by atoms with Crippen molar-refractivity contribution < 1.29 is 0 Å². The van der Waals surface area contributed by atoms with Gasteiger partial charge in [-0.2, -0.15) is 5.26 Å². The molecule has 3 heteroatoms. The molecule has 2 aromatic rings. The Hall–Kier alpha value is -2.08.